The van der Waals surface area contributed by atoms with E-state index in [0.29, 0.717) is 11.4 Å². The number of carbonyl (C=O) groups is 3. The lowest BCUT2D eigenvalue weighted by molar-refractivity contribution is -0.128. The highest BCUT2D eigenvalue weighted by molar-refractivity contribution is 7.80. The molecule has 1 heterocycles. The Morgan fingerprint density at radius 2 is 1.71 bits per heavy atom. The van der Waals surface area contributed by atoms with E-state index in [0.717, 1.165) is 5.56 Å². The summed E-state index contributed by atoms with van der Waals surface area (Å²) >= 11 is 5.40. The number of nitrogens with zero attached hydrogens (tertiary/aromatic N) is 2. The molecule has 144 valence electrons. The molecular formula is C20H20N4O3S. The van der Waals surface area contributed by atoms with E-state index in [2.05, 4.69) is 10.7 Å². The second-order valence-corrected chi connectivity index (χ2v) is 6.83. The molecule has 0 aliphatic carbocycles. The Kier molecular flexibility index (Phi) is 5.70. The van der Waals surface area contributed by atoms with Gasteiger partial charge in [-0.15, -0.1) is 0 Å². The highest BCUT2D eigenvalue weighted by Crippen LogP contribution is 2.26. The maximum Gasteiger partial charge on any atom is 0.258 e. The lowest BCUT2D eigenvalue weighted by Crippen LogP contribution is -2.49. The molecule has 3 rings (SSSR count). The molecule has 0 spiro atoms. The number of carbonyl (C=O) groups excluding carboxylic acids is 3. The van der Waals surface area contributed by atoms with E-state index in [1.165, 1.54) is 16.8 Å². The molecule has 0 aromatic heterocycles. The quantitative estimate of drug-likeness (QED) is 0.759. The molecule has 1 saturated heterocycles. The Hall–Kier alpha value is -3.26. The second-order valence-electron chi connectivity index (χ2n) is 6.46. The Bertz CT molecular complexity index is 915. The van der Waals surface area contributed by atoms with Crippen LogP contribution < -0.4 is 15.6 Å². The number of hydrazine groups is 1. The maximum atomic E-state index is 13.0. The number of hydrogen-bond acceptors (Lipinski definition) is 4. The molecule has 1 aliphatic heterocycles. The first-order chi connectivity index (χ1) is 13.4. The van der Waals surface area contributed by atoms with Crippen LogP contribution in [0.3, 0.4) is 0 Å². The summed E-state index contributed by atoms with van der Waals surface area (Å²) in [6.07, 6.45) is -0.156. The van der Waals surface area contributed by atoms with Gasteiger partial charge in [-0.25, -0.2) is 5.01 Å². The minimum atomic E-state index is -0.929. The third kappa shape index (κ3) is 4.17. The van der Waals surface area contributed by atoms with E-state index in [-0.39, 0.29) is 29.3 Å². The largest absolute Gasteiger partial charge is 0.326 e. The zero-order valence-corrected chi connectivity index (χ0v) is 16.3. The van der Waals surface area contributed by atoms with Gasteiger partial charge in [0.15, 0.2) is 0 Å². The molecule has 2 aromatic carbocycles. The Labute approximate surface area is 168 Å². The van der Waals surface area contributed by atoms with Gasteiger partial charge in [-0.2, -0.15) is 0 Å². The minimum Gasteiger partial charge on any atom is -0.326 e. The van der Waals surface area contributed by atoms with Crippen molar-refractivity contribution in [3.8, 4) is 0 Å². The third-order valence-electron chi connectivity index (χ3n) is 4.22. The number of nitrogens with one attached hydrogen (secondary N) is 2. The predicted octanol–water partition coefficient (Wildman–Crippen LogP) is 2.38. The van der Waals surface area contributed by atoms with Crippen LogP contribution in [0.4, 0.5) is 11.4 Å². The summed E-state index contributed by atoms with van der Waals surface area (Å²) in [5, 5.41) is 4.17. The van der Waals surface area contributed by atoms with Crippen LogP contribution in [0.15, 0.2) is 54.6 Å². The van der Waals surface area contributed by atoms with Gasteiger partial charge < -0.3 is 5.32 Å². The van der Waals surface area contributed by atoms with Crippen LogP contribution in [0.1, 0.15) is 18.9 Å². The molecule has 7 nitrogen and oxygen atoms in total. The zero-order valence-electron chi connectivity index (χ0n) is 15.5. The minimum absolute atomic E-state index is 0.125. The van der Waals surface area contributed by atoms with Gasteiger partial charge in [0.2, 0.25) is 16.9 Å². The normalized spacial score (nSPS) is 16.3. The van der Waals surface area contributed by atoms with Crippen molar-refractivity contribution in [3.63, 3.8) is 0 Å². The molecule has 1 aliphatic rings. The van der Waals surface area contributed by atoms with Crippen molar-refractivity contribution in [1.82, 2.24) is 10.4 Å². The summed E-state index contributed by atoms with van der Waals surface area (Å²) in [6, 6.07) is 15.3. The van der Waals surface area contributed by atoms with E-state index < -0.39 is 6.04 Å². The van der Waals surface area contributed by atoms with E-state index in [1.54, 1.807) is 36.4 Å². The number of benzene rings is 2. The van der Waals surface area contributed by atoms with Crippen LogP contribution >= 0.6 is 12.2 Å². The van der Waals surface area contributed by atoms with Gasteiger partial charge in [0.05, 0.1) is 12.1 Å². The first-order valence-corrected chi connectivity index (χ1v) is 9.13. The average Bonchev–Trinajstić information content (AvgIpc) is 2.88. The highest BCUT2D eigenvalue weighted by atomic mass is 32.1. The molecule has 8 heteroatoms. The van der Waals surface area contributed by atoms with Crippen LogP contribution in [-0.4, -0.2) is 33.9 Å². The topological polar surface area (TPSA) is 81.8 Å². The third-order valence-corrected chi connectivity index (χ3v) is 4.60. The number of amides is 3. The predicted molar refractivity (Wildman–Crippen MR) is 110 cm³/mol. The average molecular weight is 396 g/mol. The van der Waals surface area contributed by atoms with Gasteiger partial charge in [-0.1, -0.05) is 35.9 Å². The van der Waals surface area contributed by atoms with Crippen molar-refractivity contribution in [1.29, 1.82) is 0 Å². The van der Waals surface area contributed by atoms with Gasteiger partial charge in [-0.3, -0.25) is 24.7 Å². The van der Waals surface area contributed by atoms with E-state index in [4.69, 9.17) is 12.2 Å². The Morgan fingerprint density at radius 3 is 2.32 bits per heavy atom. The number of rotatable bonds is 5. The van der Waals surface area contributed by atoms with E-state index >= 15 is 0 Å². The summed E-state index contributed by atoms with van der Waals surface area (Å²) in [5.41, 5.74) is 4.84. The van der Waals surface area contributed by atoms with Crippen molar-refractivity contribution in [2.45, 2.75) is 26.3 Å². The van der Waals surface area contributed by atoms with Crippen LogP contribution in [0.25, 0.3) is 0 Å². The molecule has 3 amide bonds. The van der Waals surface area contributed by atoms with Gasteiger partial charge in [0, 0.05) is 12.6 Å². The van der Waals surface area contributed by atoms with Crippen molar-refractivity contribution in [2.24, 2.45) is 0 Å². The van der Waals surface area contributed by atoms with E-state index in [1.807, 2.05) is 25.1 Å². The molecule has 2 aromatic rings. The molecule has 0 unspecified atom stereocenters. The molecule has 2 N–H and O–H groups in total. The summed E-state index contributed by atoms with van der Waals surface area (Å²) in [5.74, 6) is -1.10. The van der Waals surface area contributed by atoms with E-state index in [9.17, 15) is 14.4 Å². The molecular weight excluding hydrogens is 376 g/mol. The highest BCUT2D eigenvalue weighted by Gasteiger charge is 2.45. The fourth-order valence-corrected chi connectivity index (χ4v) is 3.28. The maximum absolute atomic E-state index is 13.0. The van der Waals surface area contributed by atoms with Crippen molar-refractivity contribution in [2.75, 3.05) is 10.2 Å². The molecule has 1 atom stereocenters. The van der Waals surface area contributed by atoms with Gasteiger partial charge in [0.25, 0.3) is 5.91 Å². The second kappa shape index (κ2) is 8.18. The van der Waals surface area contributed by atoms with Crippen LogP contribution in [0.2, 0.25) is 0 Å². The fraction of sp³-hybridized carbons (Fsp3) is 0.200. The van der Waals surface area contributed by atoms with Crippen molar-refractivity contribution in [3.05, 3.63) is 60.2 Å². The molecule has 1 fully saturated rings. The monoisotopic (exact) mass is 396 g/mol. The molecule has 0 bridgehead atoms. The van der Waals surface area contributed by atoms with Gasteiger partial charge >= 0.3 is 0 Å². The standard InChI is InChI=1S/C20H20N4O3S/c1-13-8-10-15(11-9-13)21-18(26)12-17-19(27)23(16-6-4-3-5-7-16)20(28)24(17)22-14(2)25/h3-11,17H,12H2,1-2H3,(H,21,26)(H,22,25)/t17-/m0/s1. The van der Waals surface area contributed by atoms with Crippen LogP contribution in [0.5, 0.6) is 0 Å². The number of thiocarbonyl (C=S) groups is 1. The number of hydrogen-bond donors (Lipinski definition) is 2. The Morgan fingerprint density at radius 1 is 1.07 bits per heavy atom. The summed E-state index contributed by atoms with van der Waals surface area (Å²) in [4.78, 5) is 38.5. The van der Waals surface area contributed by atoms with Crippen molar-refractivity contribution < 1.29 is 14.4 Å². The number of para-hydroxylation sites is 1. The number of anilines is 2. The number of aryl methyl sites for hydroxylation is 1. The molecule has 28 heavy (non-hydrogen) atoms. The smallest absolute Gasteiger partial charge is 0.258 e. The summed E-state index contributed by atoms with van der Waals surface area (Å²) in [7, 11) is 0. The fourth-order valence-electron chi connectivity index (χ4n) is 2.91. The van der Waals surface area contributed by atoms with Crippen molar-refractivity contribution >= 4 is 46.4 Å². The summed E-state index contributed by atoms with van der Waals surface area (Å²) < 4.78 is 0. The molecule has 0 radical (unpaired) electrons. The summed E-state index contributed by atoms with van der Waals surface area (Å²) in [6.45, 7) is 3.27. The van der Waals surface area contributed by atoms with Crippen LogP contribution in [-0.2, 0) is 14.4 Å². The van der Waals surface area contributed by atoms with Crippen LogP contribution in [0, 0.1) is 6.92 Å². The first-order valence-electron chi connectivity index (χ1n) is 8.73. The zero-order chi connectivity index (χ0) is 20.3. The SMILES string of the molecule is CC(=O)NN1C(=S)N(c2ccccc2)C(=O)[C@@H]1CC(=O)Nc1ccc(C)cc1. The lowest BCUT2D eigenvalue weighted by atomic mass is 10.1. The first kappa shape index (κ1) is 19.5. The lowest BCUT2D eigenvalue weighted by Gasteiger charge is -2.23. The molecule has 0 saturated carbocycles. The van der Waals surface area contributed by atoms with Gasteiger partial charge in [-0.05, 0) is 43.4 Å². The van der Waals surface area contributed by atoms with Gasteiger partial charge in [0.1, 0.15) is 6.04 Å². The Balaban J connectivity index is 1.81.